The van der Waals surface area contributed by atoms with Gasteiger partial charge in [-0.2, -0.15) is 0 Å². The van der Waals surface area contributed by atoms with E-state index in [-0.39, 0.29) is 23.7 Å². The molecule has 2 N–H and O–H groups in total. The average molecular weight is 330 g/mol. The highest BCUT2D eigenvalue weighted by Gasteiger charge is 2.39. The lowest BCUT2D eigenvalue weighted by Gasteiger charge is -2.30. The number of aliphatic carboxylic acids is 1. The number of nitrogens with one attached hydrogen (secondary N) is 1. The van der Waals surface area contributed by atoms with Gasteiger partial charge in [0.2, 0.25) is 5.91 Å². The maximum Gasteiger partial charge on any atom is 0.306 e. The molecular weight excluding hydrogens is 308 g/mol. The molecule has 0 spiro atoms. The van der Waals surface area contributed by atoms with Gasteiger partial charge in [0.1, 0.15) is 0 Å². The monoisotopic (exact) mass is 330 g/mol. The Morgan fingerprint density at radius 3 is 2.21 bits per heavy atom. The van der Waals surface area contributed by atoms with Crippen molar-refractivity contribution in [1.82, 2.24) is 4.90 Å². The maximum atomic E-state index is 12.5. The maximum absolute atomic E-state index is 12.5. The van der Waals surface area contributed by atoms with Crippen LogP contribution < -0.4 is 5.32 Å². The number of carbonyl (C=O) groups is 3. The van der Waals surface area contributed by atoms with Crippen molar-refractivity contribution < 1.29 is 19.5 Å². The molecule has 6 heteroatoms. The second-order valence-electron chi connectivity index (χ2n) is 6.79. The fraction of sp³-hybridized carbons (Fsp3) is 0.500. The molecule has 1 heterocycles. The summed E-state index contributed by atoms with van der Waals surface area (Å²) in [4.78, 5) is 37.0. The van der Waals surface area contributed by atoms with Gasteiger partial charge in [0.05, 0.1) is 5.92 Å². The first-order valence-corrected chi connectivity index (χ1v) is 8.38. The van der Waals surface area contributed by atoms with E-state index >= 15 is 0 Å². The quantitative estimate of drug-likeness (QED) is 0.886. The molecule has 2 amide bonds. The van der Waals surface area contributed by atoms with Gasteiger partial charge in [0.25, 0.3) is 5.91 Å². The zero-order valence-electron chi connectivity index (χ0n) is 13.7. The predicted octanol–water partition coefficient (Wildman–Crippen LogP) is 2.22. The minimum Gasteiger partial charge on any atom is -0.481 e. The Morgan fingerprint density at radius 1 is 1.12 bits per heavy atom. The first-order chi connectivity index (χ1) is 11.5. The second-order valence-corrected chi connectivity index (χ2v) is 6.79. The van der Waals surface area contributed by atoms with Crippen LogP contribution in [-0.2, 0) is 9.59 Å². The van der Waals surface area contributed by atoms with Gasteiger partial charge < -0.3 is 15.3 Å². The van der Waals surface area contributed by atoms with Crippen LogP contribution in [0.1, 0.15) is 36.5 Å². The van der Waals surface area contributed by atoms with Crippen molar-refractivity contribution in [2.75, 3.05) is 18.4 Å². The third-order valence-corrected chi connectivity index (χ3v) is 4.98. The molecule has 3 rings (SSSR count). The molecule has 0 radical (unpaired) electrons. The number of piperidine rings is 1. The van der Waals surface area contributed by atoms with Crippen LogP contribution in [0.5, 0.6) is 0 Å². The van der Waals surface area contributed by atoms with Crippen molar-refractivity contribution in [1.29, 1.82) is 0 Å². The molecular formula is C18H22N2O4. The fourth-order valence-electron chi connectivity index (χ4n) is 3.13. The van der Waals surface area contributed by atoms with E-state index < -0.39 is 5.97 Å². The lowest BCUT2D eigenvalue weighted by atomic mass is 9.96. The van der Waals surface area contributed by atoms with Gasteiger partial charge in [-0.1, -0.05) is 6.92 Å². The van der Waals surface area contributed by atoms with E-state index in [9.17, 15) is 14.4 Å². The van der Waals surface area contributed by atoms with Gasteiger partial charge >= 0.3 is 5.97 Å². The van der Waals surface area contributed by atoms with E-state index in [4.69, 9.17) is 5.11 Å². The smallest absolute Gasteiger partial charge is 0.306 e. The van der Waals surface area contributed by atoms with Crippen molar-refractivity contribution in [2.24, 2.45) is 17.8 Å². The van der Waals surface area contributed by atoms with Gasteiger partial charge in [0.15, 0.2) is 0 Å². The number of hydrogen-bond donors (Lipinski definition) is 2. The Morgan fingerprint density at radius 2 is 1.71 bits per heavy atom. The Labute approximate surface area is 140 Å². The second kappa shape index (κ2) is 6.63. The van der Waals surface area contributed by atoms with E-state index in [2.05, 4.69) is 12.2 Å². The molecule has 0 aromatic heterocycles. The largest absolute Gasteiger partial charge is 0.481 e. The Bertz CT molecular complexity index is 647. The van der Waals surface area contributed by atoms with Crippen molar-refractivity contribution in [3.8, 4) is 0 Å². The van der Waals surface area contributed by atoms with Gasteiger partial charge in [0, 0.05) is 30.3 Å². The summed E-state index contributed by atoms with van der Waals surface area (Å²) >= 11 is 0. The number of benzene rings is 1. The Hall–Kier alpha value is -2.37. The van der Waals surface area contributed by atoms with Crippen LogP contribution in [0.4, 0.5) is 5.69 Å². The summed E-state index contributed by atoms with van der Waals surface area (Å²) in [5, 5.41) is 11.9. The number of carboxylic acids is 1. The summed E-state index contributed by atoms with van der Waals surface area (Å²) < 4.78 is 0. The summed E-state index contributed by atoms with van der Waals surface area (Å²) in [7, 11) is 0. The minimum atomic E-state index is -0.785. The predicted molar refractivity (Wildman–Crippen MR) is 88.6 cm³/mol. The number of likely N-dealkylation sites (tertiary alicyclic amines) is 1. The van der Waals surface area contributed by atoms with Crippen LogP contribution in [0, 0.1) is 17.8 Å². The highest BCUT2D eigenvalue weighted by Crippen LogP contribution is 2.38. The fourth-order valence-corrected chi connectivity index (χ4v) is 3.13. The molecule has 2 aliphatic rings. The molecule has 1 saturated heterocycles. The molecule has 2 atom stereocenters. The van der Waals surface area contributed by atoms with Crippen molar-refractivity contribution >= 4 is 23.5 Å². The molecule has 1 aromatic carbocycles. The molecule has 2 fully saturated rings. The van der Waals surface area contributed by atoms with Gasteiger partial charge in [-0.05, 0) is 49.4 Å². The number of amides is 2. The van der Waals surface area contributed by atoms with Crippen molar-refractivity contribution in [3.63, 3.8) is 0 Å². The minimum absolute atomic E-state index is 0.0392. The SMILES string of the molecule is CC1CC1C(=O)Nc1ccc(C(=O)N2CCC(C(=O)O)CC2)cc1. The molecule has 1 aliphatic carbocycles. The number of anilines is 1. The van der Waals surface area contributed by atoms with Crippen LogP contribution in [0.3, 0.4) is 0 Å². The first kappa shape index (κ1) is 16.5. The summed E-state index contributed by atoms with van der Waals surface area (Å²) in [6, 6.07) is 6.89. The van der Waals surface area contributed by atoms with Gasteiger partial charge in [-0.15, -0.1) is 0 Å². The standard InChI is InChI=1S/C18H22N2O4/c1-11-10-15(11)16(21)19-14-4-2-12(3-5-14)17(22)20-8-6-13(7-9-20)18(23)24/h2-5,11,13,15H,6-10H2,1H3,(H,19,21)(H,23,24). The topological polar surface area (TPSA) is 86.7 Å². The Balaban J connectivity index is 1.56. The molecule has 1 aromatic rings. The van der Waals surface area contributed by atoms with Crippen LogP contribution in [0.15, 0.2) is 24.3 Å². The summed E-state index contributed by atoms with van der Waals surface area (Å²) in [6.07, 6.45) is 1.93. The zero-order chi connectivity index (χ0) is 17.3. The number of rotatable bonds is 4. The van der Waals surface area contributed by atoms with Gasteiger partial charge in [-0.3, -0.25) is 14.4 Å². The van der Waals surface area contributed by atoms with Crippen LogP contribution in [0.25, 0.3) is 0 Å². The summed E-state index contributed by atoms with van der Waals surface area (Å²) in [6.45, 7) is 2.99. The summed E-state index contributed by atoms with van der Waals surface area (Å²) in [5.74, 6) is -0.616. The van der Waals surface area contributed by atoms with E-state index in [0.29, 0.717) is 43.1 Å². The van der Waals surface area contributed by atoms with Crippen molar-refractivity contribution in [3.05, 3.63) is 29.8 Å². The van der Waals surface area contributed by atoms with E-state index in [0.717, 1.165) is 6.42 Å². The molecule has 2 unspecified atom stereocenters. The van der Waals surface area contributed by atoms with Gasteiger partial charge in [-0.25, -0.2) is 0 Å². The van der Waals surface area contributed by atoms with Crippen LogP contribution in [-0.4, -0.2) is 40.9 Å². The number of hydrogen-bond acceptors (Lipinski definition) is 3. The zero-order valence-corrected chi connectivity index (χ0v) is 13.7. The van der Waals surface area contributed by atoms with E-state index in [1.54, 1.807) is 29.2 Å². The average Bonchev–Trinajstić information content (AvgIpc) is 3.32. The van der Waals surface area contributed by atoms with Crippen LogP contribution >= 0.6 is 0 Å². The molecule has 6 nitrogen and oxygen atoms in total. The van der Waals surface area contributed by atoms with Crippen molar-refractivity contribution in [2.45, 2.75) is 26.2 Å². The first-order valence-electron chi connectivity index (χ1n) is 8.38. The number of nitrogens with zero attached hydrogens (tertiary/aromatic N) is 1. The molecule has 0 bridgehead atoms. The third-order valence-electron chi connectivity index (χ3n) is 4.98. The third kappa shape index (κ3) is 3.58. The molecule has 128 valence electrons. The molecule has 1 aliphatic heterocycles. The summed E-state index contributed by atoms with van der Waals surface area (Å²) in [5.41, 5.74) is 1.25. The van der Waals surface area contributed by atoms with E-state index in [1.165, 1.54) is 0 Å². The van der Waals surface area contributed by atoms with Crippen LogP contribution in [0.2, 0.25) is 0 Å². The van der Waals surface area contributed by atoms with E-state index in [1.807, 2.05) is 0 Å². The Kier molecular flexibility index (Phi) is 4.55. The normalized spacial score (nSPS) is 23.6. The molecule has 1 saturated carbocycles. The molecule has 24 heavy (non-hydrogen) atoms. The lowest BCUT2D eigenvalue weighted by molar-refractivity contribution is -0.143. The lowest BCUT2D eigenvalue weighted by Crippen LogP contribution is -2.40. The number of carboxylic acid groups (broad SMARTS) is 1. The highest BCUT2D eigenvalue weighted by atomic mass is 16.4. The number of carbonyl (C=O) groups excluding carboxylic acids is 2. The highest BCUT2D eigenvalue weighted by molar-refractivity contribution is 5.97.